The summed E-state index contributed by atoms with van der Waals surface area (Å²) >= 11 is 5.55. The largest absolute Gasteiger partial charge is 0.366 e. The number of aromatic nitrogens is 4. The molecule has 2 heterocycles. The third-order valence-corrected chi connectivity index (χ3v) is 2.12. The number of nitrogens with zero attached hydrogens (tertiary/aromatic N) is 4. The van der Waals surface area contributed by atoms with Crippen molar-refractivity contribution in [2.75, 3.05) is 11.9 Å². The Morgan fingerprint density at radius 3 is 3.12 bits per heavy atom. The van der Waals surface area contributed by atoms with E-state index in [1.165, 1.54) is 0 Å². The van der Waals surface area contributed by atoms with Gasteiger partial charge in [0.25, 0.3) is 0 Å². The highest BCUT2D eigenvalue weighted by molar-refractivity contribution is 6.28. The predicted octanol–water partition coefficient (Wildman–Crippen LogP) is 1.58. The van der Waals surface area contributed by atoms with E-state index in [1.807, 2.05) is 10.8 Å². The normalized spacial score (nSPS) is 10.4. The van der Waals surface area contributed by atoms with E-state index in [0.717, 1.165) is 6.20 Å². The zero-order valence-electron chi connectivity index (χ0n) is 8.27. The lowest BCUT2D eigenvalue weighted by Gasteiger charge is -2.06. The SMILES string of the molecule is Fc1cnc(Cl)nc1NCCn1ccnc1. The lowest BCUT2D eigenvalue weighted by atomic mass is 10.5. The fourth-order valence-corrected chi connectivity index (χ4v) is 1.33. The van der Waals surface area contributed by atoms with Crippen molar-refractivity contribution in [2.45, 2.75) is 6.54 Å². The number of hydrogen-bond acceptors (Lipinski definition) is 4. The number of rotatable bonds is 4. The first-order chi connectivity index (χ1) is 7.75. The van der Waals surface area contributed by atoms with E-state index < -0.39 is 5.82 Å². The van der Waals surface area contributed by atoms with Gasteiger partial charge in [0.15, 0.2) is 11.6 Å². The van der Waals surface area contributed by atoms with E-state index >= 15 is 0 Å². The molecule has 0 fully saturated rings. The van der Waals surface area contributed by atoms with Gasteiger partial charge in [0.1, 0.15) is 0 Å². The van der Waals surface area contributed by atoms with Crippen molar-refractivity contribution >= 4 is 17.4 Å². The molecule has 0 atom stereocenters. The smallest absolute Gasteiger partial charge is 0.224 e. The second kappa shape index (κ2) is 4.89. The van der Waals surface area contributed by atoms with Crippen LogP contribution in [0.25, 0.3) is 0 Å². The molecule has 0 aromatic carbocycles. The Hall–Kier alpha value is -1.69. The van der Waals surface area contributed by atoms with Gasteiger partial charge >= 0.3 is 0 Å². The van der Waals surface area contributed by atoms with E-state index in [9.17, 15) is 4.39 Å². The molecule has 0 saturated carbocycles. The van der Waals surface area contributed by atoms with E-state index in [-0.39, 0.29) is 11.1 Å². The highest BCUT2D eigenvalue weighted by Crippen LogP contribution is 2.11. The molecule has 2 rings (SSSR count). The fourth-order valence-electron chi connectivity index (χ4n) is 1.19. The lowest BCUT2D eigenvalue weighted by molar-refractivity contribution is 0.614. The number of anilines is 1. The van der Waals surface area contributed by atoms with Crippen LogP contribution < -0.4 is 5.32 Å². The van der Waals surface area contributed by atoms with Gasteiger partial charge in [-0.25, -0.2) is 14.4 Å². The van der Waals surface area contributed by atoms with Crippen molar-refractivity contribution in [2.24, 2.45) is 0 Å². The van der Waals surface area contributed by atoms with Crippen LogP contribution >= 0.6 is 11.6 Å². The van der Waals surface area contributed by atoms with Crippen LogP contribution in [0.2, 0.25) is 5.28 Å². The summed E-state index contributed by atoms with van der Waals surface area (Å²) in [5.74, 6) is -0.407. The molecule has 2 aromatic heterocycles. The topological polar surface area (TPSA) is 55.6 Å². The summed E-state index contributed by atoms with van der Waals surface area (Å²) in [5, 5.41) is 2.85. The Kier molecular flexibility index (Phi) is 3.31. The van der Waals surface area contributed by atoms with Crippen LogP contribution in [0.5, 0.6) is 0 Å². The maximum atomic E-state index is 13.2. The molecule has 0 unspecified atom stereocenters. The Balaban J connectivity index is 1.92. The second-order valence-corrected chi connectivity index (χ2v) is 3.40. The van der Waals surface area contributed by atoms with Crippen molar-refractivity contribution in [3.63, 3.8) is 0 Å². The molecule has 5 nitrogen and oxygen atoms in total. The van der Waals surface area contributed by atoms with Gasteiger partial charge in [-0.2, -0.15) is 4.98 Å². The second-order valence-electron chi connectivity index (χ2n) is 3.06. The van der Waals surface area contributed by atoms with Crippen molar-refractivity contribution in [3.05, 3.63) is 36.0 Å². The standard InChI is InChI=1S/C9H9ClFN5/c10-9-14-5-7(11)8(15-9)13-2-4-16-3-1-12-6-16/h1,3,5-6H,2,4H2,(H,13,14,15). The van der Waals surface area contributed by atoms with Gasteiger partial charge in [-0.05, 0) is 11.6 Å². The van der Waals surface area contributed by atoms with E-state index in [2.05, 4.69) is 20.3 Å². The fraction of sp³-hybridized carbons (Fsp3) is 0.222. The van der Waals surface area contributed by atoms with Gasteiger partial charge in [0.2, 0.25) is 5.28 Å². The van der Waals surface area contributed by atoms with Crippen LogP contribution in [-0.4, -0.2) is 26.1 Å². The third kappa shape index (κ3) is 2.66. The molecule has 0 radical (unpaired) electrons. The zero-order chi connectivity index (χ0) is 11.4. The summed E-state index contributed by atoms with van der Waals surface area (Å²) < 4.78 is 15.0. The molecule has 0 aliphatic rings. The number of hydrogen-bond donors (Lipinski definition) is 1. The van der Waals surface area contributed by atoms with Crippen LogP contribution in [0.15, 0.2) is 24.9 Å². The molecule has 2 aromatic rings. The molecular weight excluding hydrogens is 233 g/mol. The predicted molar refractivity (Wildman–Crippen MR) is 57.7 cm³/mol. The van der Waals surface area contributed by atoms with Crippen molar-refractivity contribution in [1.82, 2.24) is 19.5 Å². The number of nitrogens with one attached hydrogen (secondary N) is 1. The van der Waals surface area contributed by atoms with Crippen molar-refractivity contribution in [3.8, 4) is 0 Å². The Bertz CT molecular complexity index is 459. The average Bonchev–Trinajstić information content (AvgIpc) is 2.76. The van der Waals surface area contributed by atoms with Crippen LogP contribution in [0.4, 0.5) is 10.2 Å². The minimum atomic E-state index is -0.518. The van der Waals surface area contributed by atoms with Gasteiger partial charge in [-0.3, -0.25) is 0 Å². The van der Waals surface area contributed by atoms with Crippen LogP contribution in [0.3, 0.4) is 0 Å². The third-order valence-electron chi connectivity index (χ3n) is 1.94. The first kappa shape index (κ1) is 10.8. The summed E-state index contributed by atoms with van der Waals surface area (Å²) in [7, 11) is 0. The van der Waals surface area contributed by atoms with Crippen LogP contribution in [0, 0.1) is 5.82 Å². The first-order valence-corrected chi connectivity index (χ1v) is 5.01. The van der Waals surface area contributed by atoms with Crippen LogP contribution in [-0.2, 0) is 6.54 Å². The molecule has 16 heavy (non-hydrogen) atoms. The quantitative estimate of drug-likeness (QED) is 0.826. The van der Waals surface area contributed by atoms with E-state index in [4.69, 9.17) is 11.6 Å². The van der Waals surface area contributed by atoms with Crippen LogP contribution in [0.1, 0.15) is 0 Å². The molecule has 1 N–H and O–H groups in total. The molecule has 0 aliphatic heterocycles. The maximum Gasteiger partial charge on any atom is 0.224 e. The lowest BCUT2D eigenvalue weighted by Crippen LogP contribution is -2.11. The highest BCUT2D eigenvalue weighted by atomic mass is 35.5. The molecule has 84 valence electrons. The summed E-state index contributed by atoms with van der Waals surface area (Å²) in [6.45, 7) is 1.20. The van der Waals surface area contributed by atoms with Gasteiger partial charge < -0.3 is 9.88 Å². The number of imidazole rings is 1. The zero-order valence-corrected chi connectivity index (χ0v) is 9.02. The maximum absolute atomic E-state index is 13.2. The average molecular weight is 242 g/mol. The van der Waals surface area contributed by atoms with Gasteiger partial charge in [-0.15, -0.1) is 0 Å². The van der Waals surface area contributed by atoms with Crippen molar-refractivity contribution < 1.29 is 4.39 Å². The van der Waals surface area contributed by atoms with E-state index in [1.54, 1.807) is 12.5 Å². The summed E-state index contributed by atoms with van der Waals surface area (Å²) in [6, 6.07) is 0. The Labute approximate surface area is 96.3 Å². The number of halogens is 2. The Morgan fingerprint density at radius 2 is 2.38 bits per heavy atom. The minimum Gasteiger partial charge on any atom is -0.366 e. The molecule has 0 aliphatic carbocycles. The molecule has 0 spiro atoms. The van der Waals surface area contributed by atoms with Crippen molar-refractivity contribution in [1.29, 1.82) is 0 Å². The Morgan fingerprint density at radius 1 is 1.50 bits per heavy atom. The van der Waals surface area contributed by atoms with Gasteiger partial charge in [-0.1, -0.05) is 0 Å². The highest BCUT2D eigenvalue weighted by Gasteiger charge is 2.04. The molecule has 7 heteroatoms. The summed E-state index contributed by atoms with van der Waals surface area (Å²) in [4.78, 5) is 11.2. The first-order valence-electron chi connectivity index (χ1n) is 4.63. The molecule has 0 bridgehead atoms. The summed E-state index contributed by atoms with van der Waals surface area (Å²) in [5.41, 5.74) is 0. The molecule has 0 amide bonds. The minimum absolute atomic E-state index is 0.0199. The molecule has 0 saturated heterocycles. The van der Waals surface area contributed by atoms with Gasteiger partial charge in [0.05, 0.1) is 12.5 Å². The van der Waals surface area contributed by atoms with Gasteiger partial charge in [0, 0.05) is 25.5 Å². The monoisotopic (exact) mass is 241 g/mol. The summed E-state index contributed by atoms with van der Waals surface area (Å²) in [6.07, 6.45) is 6.23. The van der Waals surface area contributed by atoms with E-state index in [0.29, 0.717) is 13.1 Å². The molecular formula is C9H9ClFN5.